The highest BCUT2D eigenvalue weighted by Gasteiger charge is 2.36. The van der Waals surface area contributed by atoms with Crippen molar-refractivity contribution in [2.24, 2.45) is 0 Å². The first-order chi connectivity index (χ1) is 8.24. The second kappa shape index (κ2) is 4.34. The van der Waals surface area contributed by atoms with Gasteiger partial charge in [0.25, 0.3) is 0 Å². The topological polar surface area (TPSA) is 15.3 Å². The summed E-state index contributed by atoms with van der Waals surface area (Å²) < 4.78 is 0. The van der Waals surface area contributed by atoms with E-state index in [-0.39, 0.29) is 0 Å². The summed E-state index contributed by atoms with van der Waals surface area (Å²) in [6.45, 7) is 6.97. The first-order valence-electron chi connectivity index (χ1n) is 6.82. The van der Waals surface area contributed by atoms with Crippen LogP contribution in [-0.4, -0.2) is 30.1 Å². The van der Waals surface area contributed by atoms with Gasteiger partial charge < -0.3 is 5.32 Å². The van der Waals surface area contributed by atoms with E-state index in [1.807, 2.05) is 0 Å². The molecule has 92 valence electrons. The van der Waals surface area contributed by atoms with Gasteiger partial charge in [0.2, 0.25) is 0 Å². The molecule has 2 saturated heterocycles. The minimum Gasteiger partial charge on any atom is -0.380 e. The number of benzene rings is 1. The lowest BCUT2D eigenvalue weighted by molar-refractivity contribution is 0.318. The van der Waals surface area contributed by atoms with E-state index in [0.29, 0.717) is 6.04 Å². The molecule has 0 saturated carbocycles. The van der Waals surface area contributed by atoms with E-state index in [1.165, 1.54) is 49.2 Å². The monoisotopic (exact) mass is 230 g/mol. The van der Waals surface area contributed by atoms with Crippen molar-refractivity contribution >= 4 is 5.69 Å². The van der Waals surface area contributed by atoms with E-state index in [0.717, 1.165) is 6.04 Å². The summed E-state index contributed by atoms with van der Waals surface area (Å²) in [7, 11) is 0. The van der Waals surface area contributed by atoms with Crippen molar-refractivity contribution in [3.8, 4) is 0 Å². The number of hydrogen-bond acceptors (Lipinski definition) is 2. The number of hydrogen-bond donors (Lipinski definition) is 1. The molecular weight excluding hydrogens is 208 g/mol. The number of rotatable bonds is 2. The van der Waals surface area contributed by atoms with Crippen LogP contribution in [0.4, 0.5) is 5.69 Å². The second-order valence-electron chi connectivity index (χ2n) is 5.60. The van der Waals surface area contributed by atoms with Gasteiger partial charge >= 0.3 is 0 Å². The maximum absolute atomic E-state index is 3.78. The van der Waals surface area contributed by atoms with Crippen LogP contribution >= 0.6 is 0 Å². The van der Waals surface area contributed by atoms with E-state index in [4.69, 9.17) is 0 Å². The van der Waals surface area contributed by atoms with E-state index in [9.17, 15) is 0 Å². The first-order valence-corrected chi connectivity index (χ1v) is 6.82. The van der Waals surface area contributed by atoms with Crippen LogP contribution < -0.4 is 5.32 Å². The van der Waals surface area contributed by atoms with Crippen LogP contribution in [0.5, 0.6) is 0 Å². The Morgan fingerprint density at radius 2 is 2.06 bits per heavy atom. The fourth-order valence-corrected chi connectivity index (χ4v) is 3.34. The Kier molecular flexibility index (Phi) is 2.83. The van der Waals surface area contributed by atoms with Crippen molar-refractivity contribution in [3.63, 3.8) is 0 Å². The lowest BCUT2D eigenvalue weighted by Crippen LogP contribution is -2.33. The number of fused-ring (bicyclic) bond motifs is 1. The van der Waals surface area contributed by atoms with Gasteiger partial charge in [0, 0.05) is 24.3 Å². The van der Waals surface area contributed by atoms with Gasteiger partial charge in [-0.1, -0.05) is 12.1 Å². The van der Waals surface area contributed by atoms with Crippen LogP contribution in [0, 0.1) is 13.8 Å². The maximum atomic E-state index is 3.78. The molecule has 2 heteroatoms. The minimum absolute atomic E-state index is 0.665. The van der Waals surface area contributed by atoms with Crippen molar-refractivity contribution in [1.82, 2.24) is 4.90 Å². The fourth-order valence-electron chi connectivity index (χ4n) is 3.34. The SMILES string of the molecule is Cc1ccc(C)c(NC2CCN3CCCC23)c1. The number of nitrogens with one attached hydrogen (secondary N) is 1. The molecule has 2 nitrogen and oxygen atoms in total. The molecule has 0 aromatic heterocycles. The van der Waals surface area contributed by atoms with Gasteiger partial charge in [-0.2, -0.15) is 0 Å². The largest absolute Gasteiger partial charge is 0.380 e. The Morgan fingerprint density at radius 1 is 1.18 bits per heavy atom. The number of aryl methyl sites for hydroxylation is 2. The molecule has 2 aliphatic heterocycles. The molecule has 1 N–H and O–H groups in total. The molecule has 2 unspecified atom stereocenters. The zero-order chi connectivity index (χ0) is 11.8. The Bertz CT molecular complexity index is 413. The predicted octanol–water partition coefficient (Wildman–Crippen LogP) is 2.95. The Labute approximate surface area is 104 Å². The second-order valence-corrected chi connectivity index (χ2v) is 5.60. The van der Waals surface area contributed by atoms with Crippen LogP contribution in [0.3, 0.4) is 0 Å². The molecule has 2 atom stereocenters. The molecule has 2 heterocycles. The average molecular weight is 230 g/mol. The van der Waals surface area contributed by atoms with Crippen molar-refractivity contribution in [3.05, 3.63) is 29.3 Å². The summed E-state index contributed by atoms with van der Waals surface area (Å²) in [5, 5.41) is 3.78. The Balaban J connectivity index is 1.76. The lowest BCUT2D eigenvalue weighted by Gasteiger charge is -2.23. The van der Waals surface area contributed by atoms with Crippen LogP contribution in [0.15, 0.2) is 18.2 Å². The highest BCUT2D eigenvalue weighted by Crippen LogP contribution is 2.31. The summed E-state index contributed by atoms with van der Waals surface area (Å²) >= 11 is 0. The third-order valence-corrected chi connectivity index (χ3v) is 4.34. The molecule has 1 aromatic carbocycles. The summed E-state index contributed by atoms with van der Waals surface area (Å²) in [4.78, 5) is 2.66. The van der Waals surface area contributed by atoms with E-state index < -0.39 is 0 Å². The van der Waals surface area contributed by atoms with Gasteiger partial charge in [0.15, 0.2) is 0 Å². The predicted molar refractivity (Wildman–Crippen MR) is 72.5 cm³/mol. The number of nitrogens with zero attached hydrogens (tertiary/aromatic N) is 1. The van der Waals surface area contributed by atoms with Gasteiger partial charge in [0.05, 0.1) is 0 Å². The Morgan fingerprint density at radius 3 is 2.94 bits per heavy atom. The van der Waals surface area contributed by atoms with Crippen LogP contribution in [0.25, 0.3) is 0 Å². The molecule has 0 spiro atoms. The third-order valence-electron chi connectivity index (χ3n) is 4.34. The minimum atomic E-state index is 0.665. The lowest BCUT2D eigenvalue weighted by atomic mass is 10.0. The molecule has 0 bridgehead atoms. The quantitative estimate of drug-likeness (QED) is 0.840. The summed E-state index contributed by atoms with van der Waals surface area (Å²) in [5.74, 6) is 0. The molecular formula is C15H22N2. The molecule has 3 rings (SSSR count). The number of anilines is 1. The molecule has 17 heavy (non-hydrogen) atoms. The van der Waals surface area contributed by atoms with Gasteiger partial charge in [-0.25, -0.2) is 0 Å². The fraction of sp³-hybridized carbons (Fsp3) is 0.600. The zero-order valence-electron chi connectivity index (χ0n) is 10.9. The normalized spacial score (nSPS) is 28.4. The van der Waals surface area contributed by atoms with Crippen molar-refractivity contribution in [1.29, 1.82) is 0 Å². The van der Waals surface area contributed by atoms with Crippen LogP contribution in [0.1, 0.15) is 30.4 Å². The van der Waals surface area contributed by atoms with Crippen molar-refractivity contribution < 1.29 is 0 Å². The molecule has 0 aliphatic carbocycles. The maximum Gasteiger partial charge on any atom is 0.0429 e. The van der Waals surface area contributed by atoms with E-state index >= 15 is 0 Å². The zero-order valence-corrected chi connectivity index (χ0v) is 10.9. The van der Waals surface area contributed by atoms with E-state index in [1.54, 1.807) is 0 Å². The molecule has 2 aliphatic rings. The smallest absolute Gasteiger partial charge is 0.0429 e. The summed E-state index contributed by atoms with van der Waals surface area (Å²) in [6, 6.07) is 8.15. The van der Waals surface area contributed by atoms with E-state index in [2.05, 4.69) is 42.3 Å². The molecule has 0 amide bonds. The molecule has 1 aromatic rings. The van der Waals surface area contributed by atoms with Gasteiger partial charge in [-0.3, -0.25) is 4.90 Å². The van der Waals surface area contributed by atoms with Crippen LogP contribution in [0.2, 0.25) is 0 Å². The highest BCUT2D eigenvalue weighted by atomic mass is 15.2. The Hall–Kier alpha value is -1.02. The standard InChI is InChI=1S/C15H22N2/c1-11-5-6-12(2)14(10-11)16-13-7-9-17-8-3-4-15(13)17/h5-6,10,13,15-16H,3-4,7-9H2,1-2H3. The van der Waals surface area contributed by atoms with Crippen molar-refractivity contribution in [2.45, 2.75) is 45.2 Å². The molecule has 2 fully saturated rings. The highest BCUT2D eigenvalue weighted by molar-refractivity contribution is 5.53. The molecule has 0 radical (unpaired) electrons. The summed E-state index contributed by atoms with van der Waals surface area (Å²) in [6.07, 6.45) is 4.07. The van der Waals surface area contributed by atoms with Crippen LogP contribution in [-0.2, 0) is 0 Å². The summed E-state index contributed by atoms with van der Waals surface area (Å²) in [5.41, 5.74) is 4.05. The van der Waals surface area contributed by atoms with Gasteiger partial charge in [-0.15, -0.1) is 0 Å². The average Bonchev–Trinajstić information content (AvgIpc) is 2.88. The van der Waals surface area contributed by atoms with Gasteiger partial charge in [-0.05, 0) is 56.8 Å². The van der Waals surface area contributed by atoms with Gasteiger partial charge in [0.1, 0.15) is 0 Å². The first kappa shape index (κ1) is 11.1. The van der Waals surface area contributed by atoms with Crippen molar-refractivity contribution in [2.75, 3.05) is 18.4 Å². The third kappa shape index (κ3) is 2.06.